The number of hydrogen-bond acceptors (Lipinski definition) is 3. The molecule has 0 bridgehead atoms. The number of carbonyl (C=O) groups excluding carboxylic acids is 2. The molecule has 5 nitrogen and oxygen atoms in total. The van der Waals surface area contributed by atoms with Gasteiger partial charge in [0, 0.05) is 12.4 Å². The minimum absolute atomic E-state index is 0.399. The Balaban J connectivity index is 2.51. The van der Waals surface area contributed by atoms with E-state index in [4.69, 9.17) is 4.74 Å². The van der Waals surface area contributed by atoms with Crippen molar-refractivity contribution in [1.82, 2.24) is 10.2 Å². The predicted octanol–water partition coefficient (Wildman–Crippen LogP) is -0.0944. The zero-order valence-corrected chi connectivity index (χ0v) is 8.13. The highest BCUT2D eigenvalue weighted by molar-refractivity contribution is 9.09. The number of hydrogen-bond donors (Lipinski definition) is 1. The average Bonchev–Trinajstić information content (AvgIpc) is 2.25. The third kappa shape index (κ3) is 1.75. The number of nitrogens with zero attached hydrogens (tertiary/aromatic N) is 1. The molecule has 0 aromatic rings. The Morgan fingerprint density at radius 2 is 2.33 bits per heavy atom. The number of nitrogens with one attached hydrogen (secondary N) is 1. The Bertz CT molecular complexity index is 209. The van der Waals surface area contributed by atoms with Crippen molar-refractivity contribution < 1.29 is 14.3 Å². The molecule has 0 spiro atoms. The summed E-state index contributed by atoms with van der Waals surface area (Å²) in [5.74, 6) is -0.400. The van der Waals surface area contributed by atoms with Crippen molar-refractivity contribution in [3.8, 4) is 0 Å². The number of imide groups is 1. The summed E-state index contributed by atoms with van der Waals surface area (Å²) < 4.78 is 5.09. The first-order valence-electron chi connectivity index (χ1n) is 3.42. The van der Waals surface area contributed by atoms with Crippen LogP contribution >= 0.6 is 15.9 Å². The second-order valence-electron chi connectivity index (χ2n) is 2.32. The topological polar surface area (TPSA) is 58.6 Å². The molecule has 1 fully saturated rings. The SMILES string of the molecule is CN1C(=O)NC(=O)C1OCCBr. The predicted molar refractivity (Wildman–Crippen MR) is 44.8 cm³/mol. The molecule has 0 aromatic heterocycles. The molecule has 0 aliphatic carbocycles. The van der Waals surface area contributed by atoms with Crippen molar-refractivity contribution in [2.75, 3.05) is 19.0 Å². The van der Waals surface area contributed by atoms with Gasteiger partial charge >= 0.3 is 6.03 Å². The number of alkyl halides is 1. The van der Waals surface area contributed by atoms with Gasteiger partial charge in [0.05, 0.1) is 6.61 Å². The maximum atomic E-state index is 11.0. The lowest BCUT2D eigenvalue weighted by Crippen LogP contribution is -2.34. The number of carbonyl (C=O) groups is 2. The van der Waals surface area contributed by atoms with Gasteiger partial charge in [-0.15, -0.1) is 0 Å². The van der Waals surface area contributed by atoms with Gasteiger partial charge in [-0.25, -0.2) is 4.79 Å². The highest BCUT2D eigenvalue weighted by Crippen LogP contribution is 2.06. The maximum absolute atomic E-state index is 11.0. The van der Waals surface area contributed by atoms with E-state index in [0.29, 0.717) is 11.9 Å². The van der Waals surface area contributed by atoms with Crippen molar-refractivity contribution in [2.24, 2.45) is 0 Å². The monoisotopic (exact) mass is 236 g/mol. The van der Waals surface area contributed by atoms with Crippen LogP contribution in [0.4, 0.5) is 4.79 Å². The lowest BCUT2D eigenvalue weighted by atomic mass is 10.5. The number of rotatable bonds is 3. The van der Waals surface area contributed by atoms with Crippen LogP contribution in [0.2, 0.25) is 0 Å². The molecule has 1 saturated heterocycles. The van der Waals surface area contributed by atoms with Crippen LogP contribution in [-0.4, -0.2) is 42.1 Å². The van der Waals surface area contributed by atoms with Crippen LogP contribution in [0.5, 0.6) is 0 Å². The number of amides is 3. The number of ether oxygens (including phenoxy) is 1. The highest BCUT2D eigenvalue weighted by Gasteiger charge is 2.36. The molecule has 68 valence electrons. The van der Waals surface area contributed by atoms with Gasteiger partial charge in [0.2, 0.25) is 6.23 Å². The van der Waals surface area contributed by atoms with E-state index in [1.807, 2.05) is 0 Å². The number of likely N-dealkylation sites (N-methyl/N-ethyl adjacent to an activating group) is 1. The van der Waals surface area contributed by atoms with Gasteiger partial charge in [0.25, 0.3) is 5.91 Å². The third-order valence-corrected chi connectivity index (χ3v) is 1.80. The third-order valence-electron chi connectivity index (χ3n) is 1.48. The first kappa shape index (κ1) is 9.47. The quantitative estimate of drug-likeness (QED) is 0.551. The maximum Gasteiger partial charge on any atom is 0.326 e. The van der Waals surface area contributed by atoms with Crippen molar-refractivity contribution >= 4 is 27.9 Å². The molecule has 0 radical (unpaired) electrons. The standard InChI is InChI=1S/C6H9BrN2O3/c1-9-5(12-3-2-7)4(10)8-6(9)11/h5H,2-3H2,1H3,(H,8,10,11). The zero-order chi connectivity index (χ0) is 9.14. The van der Waals surface area contributed by atoms with Crippen LogP contribution < -0.4 is 5.32 Å². The van der Waals surface area contributed by atoms with E-state index >= 15 is 0 Å². The van der Waals surface area contributed by atoms with Crippen LogP contribution in [0, 0.1) is 0 Å². The Morgan fingerprint density at radius 3 is 2.75 bits per heavy atom. The Labute approximate surface area is 78.2 Å². The van der Waals surface area contributed by atoms with E-state index in [0.717, 1.165) is 0 Å². The van der Waals surface area contributed by atoms with E-state index in [1.54, 1.807) is 0 Å². The smallest absolute Gasteiger partial charge is 0.326 e. The van der Waals surface area contributed by atoms with Gasteiger partial charge in [-0.3, -0.25) is 15.0 Å². The average molecular weight is 237 g/mol. The van der Waals surface area contributed by atoms with Crippen LogP contribution in [0.3, 0.4) is 0 Å². The molecule has 1 atom stereocenters. The minimum Gasteiger partial charge on any atom is -0.348 e. The molecule has 6 heteroatoms. The lowest BCUT2D eigenvalue weighted by Gasteiger charge is -2.15. The van der Waals surface area contributed by atoms with Gasteiger partial charge < -0.3 is 4.74 Å². The molecule has 1 aliphatic rings. The molecular weight excluding hydrogens is 228 g/mol. The lowest BCUT2D eigenvalue weighted by molar-refractivity contribution is -0.134. The summed E-state index contributed by atoms with van der Waals surface area (Å²) in [6.07, 6.45) is -0.768. The molecule has 1 aliphatic heterocycles. The van der Waals surface area contributed by atoms with E-state index in [1.165, 1.54) is 11.9 Å². The largest absolute Gasteiger partial charge is 0.348 e. The van der Waals surface area contributed by atoms with E-state index in [9.17, 15) is 9.59 Å². The summed E-state index contributed by atoms with van der Waals surface area (Å²) >= 11 is 3.15. The molecule has 1 N–H and O–H groups in total. The number of urea groups is 1. The van der Waals surface area contributed by atoms with Crippen LogP contribution in [-0.2, 0) is 9.53 Å². The molecule has 1 rings (SSSR count). The molecule has 3 amide bonds. The summed E-state index contributed by atoms with van der Waals surface area (Å²) in [6.45, 7) is 0.399. The normalized spacial score (nSPS) is 23.2. The molecular formula is C6H9BrN2O3. The summed E-state index contributed by atoms with van der Waals surface area (Å²) in [5.41, 5.74) is 0. The van der Waals surface area contributed by atoms with Gasteiger partial charge in [-0.05, 0) is 0 Å². The fraction of sp³-hybridized carbons (Fsp3) is 0.667. The van der Waals surface area contributed by atoms with Gasteiger partial charge in [0.1, 0.15) is 0 Å². The fourth-order valence-electron chi connectivity index (χ4n) is 0.881. The summed E-state index contributed by atoms with van der Waals surface area (Å²) in [6, 6.07) is -0.417. The number of halogens is 1. The first-order chi connectivity index (χ1) is 5.66. The van der Waals surface area contributed by atoms with Crippen LogP contribution in [0.15, 0.2) is 0 Å². The molecule has 0 aromatic carbocycles. The summed E-state index contributed by atoms with van der Waals surface area (Å²) in [7, 11) is 1.51. The summed E-state index contributed by atoms with van der Waals surface area (Å²) in [4.78, 5) is 23.1. The van der Waals surface area contributed by atoms with Gasteiger partial charge in [0.15, 0.2) is 0 Å². The van der Waals surface area contributed by atoms with Crippen LogP contribution in [0.25, 0.3) is 0 Å². The van der Waals surface area contributed by atoms with Gasteiger partial charge in [-0.1, -0.05) is 15.9 Å². The van der Waals surface area contributed by atoms with Crippen molar-refractivity contribution in [1.29, 1.82) is 0 Å². The zero-order valence-electron chi connectivity index (χ0n) is 6.54. The second kappa shape index (κ2) is 3.86. The van der Waals surface area contributed by atoms with Crippen LogP contribution in [0.1, 0.15) is 0 Å². The van der Waals surface area contributed by atoms with Gasteiger partial charge in [-0.2, -0.15) is 0 Å². The van der Waals surface area contributed by atoms with E-state index < -0.39 is 18.2 Å². The van der Waals surface area contributed by atoms with E-state index in [-0.39, 0.29) is 0 Å². The Morgan fingerprint density at radius 1 is 1.67 bits per heavy atom. The second-order valence-corrected chi connectivity index (χ2v) is 3.11. The highest BCUT2D eigenvalue weighted by atomic mass is 79.9. The summed E-state index contributed by atoms with van der Waals surface area (Å²) in [5, 5.41) is 2.77. The van der Waals surface area contributed by atoms with Crippen molar-refractivity contribution in [2.45, 2.75) is 6.23 Å². The van der Waals surface area contributed by atoms with E-state index in [2.05, 4.69) is 21.2 Å². The van der Waals surface area contributed by atoms with Crippen molar-refractivity contribution in [3.05, 3.63) is 0 Å². The van der Waals surface area contributed by atoms with Crippen molar-refractivity contribution in [3.63, 3.8) is 0 Å². The molecule has 1 heterocycles. The Hall–Kier alpha value is -0.620. The minimum atomic E-state index is -0.768. The first-order valence-corrected chi connectivity index (χ1v) is 4.54. The molecule has 12 heavy (non-hydrogen) atoms. The Kier molecular flexibility index (Phi) is 3.05. The fourth-order valence-corrected chi connectivity index (χ4v) is 1.07. The molecule has 0 saturated carbocycles. The molecule has 1 unspecified atom stereocenters.